The molecule has 2 nitrogen and oxygen atoms in total. The Labute approximate surface area is 101 Å². The Kier molecular flexibility index (Phi) is 5.51. The van der Waals surface area contributed by atoms with E-state index in [9.17, 15) is 8.78 Å². The maximum absolute atomic E-state index is 13.5. The molecule has 0 saturated heterocycles. The van der Waals surface area contributed by atoms with E-state index in [0.29, 0.717) is 24.6 Å². The zero-order chi connectivity index (χ0) is 12.8. The van der Waals surface area contributed by atoms with E-state index >= 15 is 0 Å². The molecule has 0 aliphatic heterocycles. The van der Waals surface area contributed by atoms with E-state index in [4.69, 9.17) is 4.74 Å². The molecule has 4 heteroatoms. The van der Waals surface area contributed by atoms with Crippen LogP contribution in [-0.2, 0) is 4.74 Å². The summed E-state index contributed by atoms with van der Waals surface area (Å²) in [5.41, 5.74) is 0.356. The lowest BCUT2D eigenvalue weighted by atomic mass is 10.1. The fraction of sp³-hybridized carbons (Fsp3) is 0.538. The monoisotopic (exact) mass is 243 g/mol. The molecule has 96 valence electrons. The van der Waals surface area contributed by atoms with Gasteiger partial charge >= 0.3 is 0 Å². The maximum atomic E-state index is 13.5. The Morgan fingerprint density at radius 3 is 2.65 bits per heavy atom. The Bertz CT molecular complexity index is 357. The normalized spacial score (nSPS) is 14.6. The predicted octanol–water partition coefficient (Wildman–Crippen LogP) is 2.90. The molecule has 0 bridgehead atoms. The van der Waals surface area contributed by atoms with Gasteiger partial charge in [-0.1, -0.05) is 6.92 Å². The molecule has 17 heavy (non-hydrogen) atoms. The summed E-state index contributed by atoms with van der Waals surface area (Å²) in [6, 6.07) is 3.29. The Morgan fingerprint density at radius 1 is 1.29 bits per heavy atom. The van der Waals surface area contributed by atoms with Crippen LogP contribution in [0.25, 0.3) is 0 Å². The minimum Gasteiger partial charge on any atom is -0.384 e. The molecule has 0 aromatic heterocycles. The Balaban J connectivity index is 2.57. The van der Waals surface area contributed by atoms with Crippen LogP contribution in [0, 0.1) is 17.6 Å². The van der Waals surface area contributed by atoms with Gasteiger partial charge in [-0.15, -0.1) is 0 Å². The van der Waals surface area contributed by atoms with Crippen LogP contribution in [0.5, 0.6) is 0 Å². The molecule has 1 N–H and O–H groups in total. The summed E-state index contributed by atoms with van der Waals surface area (Å²) in [5.74, 6) is -0.468. The van der Waals surface area contributed by atoms with E-state index in [-0.39, 0.29) is 11.9 Å². The molecule has 0 radical (unpaired) electrons. The van der Waals surface area contributed by atoms with Crippen LogP contribution >= 0.6 is 0 Å². The highest BCUT2D eigenvalue weighted by molar-refractivity contribution is 5.21. The average Bonchev–Trinajstić information content (AvgIpc) is 2.29. The van der Waals surface area contributed by atoms with Gasteiger partial charge < -0.3 is 10.1 Å². The van der Waals surface area contributed by atoms with Crippen molar-refractivity contribution in [1.82, 2.24) is 5.32 Å². The minimum absolute atomic E-state index is 0.218. The quantitative estimate of drug-likeness (QED) is 0.829. The summed E-state index contributed by atoms with van der Waals surface area (Å²) >= 11 is 0. The standard InChI is InChI=1S/C13H19F2NO/c1-9(8-17-3)7-16-10(2)12-6-11(14)4-5-13(12)15/h4-6,9-10,16H,7-8H2,1-3H3. The van der Waals surface area contributed by atoms with Crippen LogP contribution in [0.3, 0.4) is 0 Å². The second-order valence-electron chi connectivity index (χ2n) is 4.36. The highest BCUT2D eigenvalue weighted by atomic mass is 19.1. The van der Waals surface area contributed by atoms with E-state index in [1.807, 2.05) is 13.8 Å². The van der Waals surface area contributed by atoms with Crippen molar-refractivity contribution in [3.8, 4) is 0 Å². The van der Waals surface area contributed by atoms with Gasteiger partial charge in [-0.3, -0.25) is 0 Å². The highest BCUT2D eigenvalue weighted by Gasteiger charge is 2.12. The lowest BCUT2D eigenvalue weighted by Crippen LogP contribution is -2.27. The molecule has 1 rings (SSSR count). The van der Waals surface area contributed by atoms with Crippen molar-refractivity contribution in [2.24, 2.45) is 5.92 Å². The van der Waals surface area contributed by atoms with Crippen LogP contribution in [0.2, 0.25) is 0 Å². The number of nitrogens with one attached hydrogen (secondary N) is 1. The summed E-state index contributed by atoms with van der Waals surface area (Å²) in [6.45, 7) is 5.19. The topological polar surface area (TPSA) is 21.3 Å². The third kappa shape index (κ3) is 4.40. The summed E-state index contributed by atoms with van der Waals surface area (Å²) in [7, 11) is 1.65. The van der Waals surface area contributed by atoms with Gasteiger partial charge in [0.05, 0.1) is 0 Å². The van der Waals surface area contributed by atoms with Crippen molar-refractivity contribution < 1.29 is 13.5 Å². The fourth-order valence-electron chi connectivity index (χ4n) is 1.68. The summed E-state index contributed by atoms with van der Waals surface area (Å²) in [6.07, 6.45) is 0. The highest BCUT2D eigenvalue weighted by Crippen LogP contribution is 2.18. The number of hydrogen-bond acceptors (Lipinski definition) is 2. The first-order valence-electron chi connectivity index (χ1n) is 5.72. The third-order valence-electron chi connectivity index (χ3n) is 2.65. The van der Waals surface area contributed by atoms with E-state index in [1.165, 1.54) is 6.07 Å². The lowest BCUT2D eigenvalue weighted by molar-refractivity contribution is 0.157. The summed E-state index contributed by atoms with van der Waals surface area (Å²) in [4.78, 5) is 0. The van der Waals surface area contributed by atoms with E-state index in [2.05, 4.69) is 5.32 Å². The van der Waals surface area contributed by atoms with Crippen LogP contribution in [0.15, 0.2) is 18.2 Å². The van der Waals surface area contributed by atoms with Crippen LogP contribution < -0.4 is 5.32 Å². The lowest BCUT2D eigenvalue weighted by Gasteiger charge is -2.18. The van der Waals surface area contributed by atoms with Crippen LogP contribution in [0.1, 0.15) is 25.5 Å². The molecule has 0 fully saturated rings. The van der Waals surface area contributed by atoms with Gasteiger partial charge in [0.2, 0.25) is 0 Å². The second kappa shape index (κ2) is 6.67. The van der Waals surface area contributed by atoms with Crippen LogP contribution in [0.4, 0.5) is 8.78 Å². The molecule has 0 saturated carbocycles. The van der Waals surface area contributed by atoms with Crippen LogP contribution in [-0.4, -0.2) is 20.3 Å². The van der Waals surface area contributed by atoms with Gasteiger partial charge in [-0.2, -0.15) is 0 Å². The maximum Gasteiger partial charge on any atom is 0.128 e. The first-order chi connectivity index (χ1) is 8.04. The third-order valence-corrected chi connectivity index (χ3v) is 2.65. The smallest absolute Gasteiger partial charge is 0.128 e. The van der Waals surface area contributed by atoms with Gasteiger partial charge in [0, 0.05) is 31.9 Å². The first-order valence-corrected chi connectivity index (χ1v) is 5.72. The molecule has 0 aliphatic rings. The van der Waals surface area contributed by atoms with Gasteiger partial charge in [-0.05, 0) is 31.0 Å². The van der Waals surface area contributed by atoms with Crippen molar-refractivity contribution in [1.29, 1.82) is 0 Å². The molecule has 0 aliphatic carbocycles. The molecule has 2 atom stereocenters. The van der Waals surface area contributed by atoms with Crippen molar-refractivity contribution in [3.63, 3.8) is 0 Å². The zero-order valence-corrected chi connectivity index (χ0v) is 10.5. The van der Waals surface area contributed by atoms with Gasteiger partial charge in [-0.25, -0.2) is 8.78 Å². The van der Waals surface area contributed by atoms with E-state index in [1.54, 1.807) is 7.11 Å². The molecule has 1 aromatic rings. The van der Waals surface area contributed by atoms with Gasteiger partial charge in [0.15, 0.2) is 0 Å². The zero-order valence-electron chi connectivity index (χ0n) is 10.5. The molecule has 0 amide bonds. The fourth-order valence-corrected chi connectivity index (χ4v) is 1.68. The van der Waals surface area contributed by atoms with Crippen molar-refractivity contribution in [2.75, 3.05) is 20.3 Å². The first kappa shape index (κ1) is 14.1. The molecule has 0 heterocycles. The summed E-state index contributed by atoms with van der Waals surface area (Å²) < 4.78 is 31.5. The number of hydrogen-bond donors (Lipinski definition) is 1. The van der Waals surface area contributed by atoms with Crippen molar-refractivity contribution in [3.05, 3.63) is 35.4 Å². The Morgan fingerprint density at radius 2 is 2.00 bits per heavy atom. The number of ether oxygens (including phenoxy) is 1. The molecular weight excluding hydrogens is 224 g/mol. The average molecular weight is 243 g/mol. The predicted molar refractivity (Wildman–Crippen MR) is 63.8 cm³/mol. The van der Waals surface area contributed by atoms with E-state index < -0.39 is 5.82 Å². The largest absolute Gasteiger partial charge is 0.384 e. The Hall–Kier alpha value is -1.00. The van der Waals surface area contributed by atoms with Gasteiger partial charge in [0.25, 0.3) is 0 Å². The molecule has 2 unspecified atom stereocenters. The summed E-state index contributed by atoms with van der Waals surface area (Å²) in [5, 5.41) is 3.16. The molecular formula is C13H19F2NO. The SMILES string of the molecule is COCC(C)CNC(C)c1cc(F)ccc1F. The number of rotatable bonds is 6. The number of benzene rings is 1. The second-order valence-corrected chi connectivity index (χ2v) is 4.36. The van der Waals surface area contributed by atoms with Crippen molar-refractivity contribution >= 4 is 0 Å². The van der Waals surface area contributed by atoms with E-state index in [0.717, 1.165) is 12.1 Å². The van der Waals surface area contributed by atoms with Crippen molar-refractivity contribution in [2.45, 2.75) is 19.9 Å². The number of halogens is 2. The minimum atomic E-state index is -0.417. The number of methoxy groups -OCH3 is 1. The molecule has 0 spiro atoms. The van der Waals surface area contributed by atoms with Gasteiger partial charge in [0.1, 0.15) is 11.6 Å². The molecule has 1 aromatic carbocycles.